The third-order valence-electron chi connectivity index (χ3n) is 5.15. The van der Waals surface area contributed by atoms with Crippen molar-refractivity contribution in [2.24, 2.45) is 0 Å². The molecule has 2 aromatic rings. The first-order valence-electron chi connectivity index (χ1n) is 9.29. The fourth-order valence-corrected chi connectivity index (χ4v) is 4.36. The van der Waals surface area contributed by atoms with Gasteiger partial charge in [-0.3, -0.25) is 0 Å². The summed E-state index contributed by atoms with van der Waals surface area (Å²) in [5.74, 6) is 0.673. The summed E-state index contributed by atoms with van der Waals surface area (Å²) >= 11 is 6.18. The lowest BCUT2D eigenvalue weighted by Crippen LogP contribution is -2.40. The van der Waals surface area contributed by atoms with Gasteiger partial charge in [0.1, 0.15) is 0 Å². The van der Waals surface area contributed by atoms with E-state index in [9.17, 15) is 0 Å². The van der Waals surface area contributed by atoms with Gasteiger partial charge in [-0.25, -0.2) is 0 Å². The average Bonchev–Trinajstić information content (AvgIpc) is 2.57. The average molecular weight is 358 g/mol. The zero-order valence-electron chi connectivity index (χ0n) is 16.3. The van der Waals surface area contributed by atoms with E-state index >= 15 is 0 Å². The molecule has 0 aliphatic carbocycles. The van der Waals surface area contributed by atoms with Crippen LogP contribution in [0.4, 0.5) is 5.69 Å². The van der Waals surface area contributed by atoms with E-state index in [1.807, 2.05) is 0 Å². The van der Waals surface area contributed by atoms with Crippen LogP contribution in [0.3, 0.4) is 0 Å². The molecule has 1 N–H and O–H groups in total. The second-order valence-electron chi connectivity index (χ2n) is 8.01. The van der Waals surface area contributed by atoms with Crippen LogP contribution in [0.1, 0.15) is 57.2 Å². The summed E-state index contributed by atoms with van der Waals surface area (Å²) in [5.41, 5.74) is 5.36. The third-order valence-corrected chi connectivity index (χ3v) is 5.34. The molecule has 136 valence electrons. The molecule has 0 bridgehead atoms. The number of hydrogen-bond acceptors (Lipinski definition) is 1. The SMILES string of the molecule is CCc1cccc(C)c1NC(C)(C)CC(C)(CCCl)c1ccccc1. The summed E-state index contributed by atoms with van der Waals surface area (Å²) in [6.45, 7) is 11.3. The molecular formula is C23H32ClN. The van der Waals surface area contributed by atoms with Crippen LogP contribution < -0.4 is 5.32 Å². The molecule has 0 saturated heterocycles. The topological polar surface area (TPSA) is 12.0 Å². The van der Waals surface area contributed by atoms with E-state index in [4.69, 9.17) is 11.6 Å². The number of alkyl halides is 1. The van der Waals surface area contributed by atoms with E-state index in [2.05, 4.69) is 88.5 Å². The van der Waals surface area contributed by atoms with Gasteiger partial charge in [0.2, 0.25) is 0 Å². The number of aryl methyl sites for hydroxylation is 2. The molecule has 1 unspecified atom stereocenters. The number of rotatable bonds is 8. The number of para-hydroxylation sites is 1. The van der Waals surface area contributed by atoms with Crippen LogP contribution in [-0.2, 0) is 11.8 Å². The number of nitrogens with one attached hydrogen (secondary N) is 1. The lowest BCUT2D eigenvalue weighted by molar-refractivity contribution is 0.338. The molecule has 2 rings (SSSR count). The molecule has 0 heterocycles. The Morgan fingerprint density at radius 1 is 0.960 bits per heavy atom. The first-order valence-corrected chi connectivity index (χ1v) is 9.83. The standard InChI is InChI=1S/C23H32ClN/c1-6-19-12-10-11-18(2)21(19)25-22(3,4)17-23(5,15-16-24)20-13-8-7-9-14-20/h7-14,25H,6,15-17H2,1-5H3. The van der Waals surface area contributed by atoms with E-state index < -0.39 is 0 Å². The largest absolute Gasteiger partial charge is 0.380 e. The summed E-state index contributed by atoms with van der Waals surface area (Å²) in [6.07, 6.45) is 3.03. The van der Waals surface area contributed by atoms with Gasteiger partial charge in [0.15, 0.2) is 0 Å². The van der Waals surface area contributed by atoms with Crippen LogP contribution >= 0.6 is 11.6 Å². The normalized spacial score (nSPS) is 14.2. The number of anilines is 1. The highest BCUT2D eigenvalue weighted by Gasteiger charge is 2.34. The molecule has 2 heteroatoms. The molecule has 0 saturated carbocycles. The molecule has 1 atom stereocenters. The molecule has 0 aromatic heterocycles. The number of halogens is 1. The fraction of sp³-hybridized carbons (Fsp3) is 0.478. The lowest BCUT2D eigenvalue weighted by Gasteiger charge is -2.39. The van der Waals surface area contributed by atoms with Crippen LogP contribution in [0.2, 0.25) is 0 Å². The maximum Gasteiger partial charge on any atom is 0.0406 e. The first-order chi connectivity index (χ1) is 11.8. The minimum Gasteiger partial charge on any atom is -0.380 e. The van der Waals surface area contributed by atoms with Crippen molar-refractivity contribution in [3.05, 3.63) is 65.2 Å². The van der Waals surface area contributed by atoms with Gasteiger partial charge in [-0.1, -0.05) is 62.4 Å². The van der Waals surface area contributed by atoms with Crippen LogP contribution in [0, 0.1) is 6.92 Å². The molecule has 0 fully saturated rings. The molecule has 25 heavy (non-hydrogen) atoms. The van der Waals surface area contributed by atoms with Gasteiger partial charge in [-0.15, -0.1) is 11.6 Å². The van der Waals surface area contributed by atoms with Gasteiger partial charge in [0.25, 0.3) is 0 Å². The van der Waals surface area contributed by atoms with E-state index in [0.29, 0.717) is 5.88 Å². The minimum absolute atomic E-state index is 0.0350. The van der Waals surface area contributed by atoms with Crippen LogP contribution in [0.25, 0.3) is 0 Å². The van der Waals surface area contributed by atoms with Gasteiger partial charge < -0.3 is 5.32 Å². The van der Waals surface area contributed by atoms with E-state index in [-0.39, 0.29) is 11.0 Å². The quantitative estimate of drug-likeness (QED) is 0.516. The predicted octanol–water partition coefficient (Wildman–Crippen LogP) is 6.72. The zero-order chi connectivity index (χ0) is 18.5. The lowest BCUT2D eigenvalue weighted by atomic mass is 9.71. The highest BCUT2D eigenvalue weighted by Crippen LogP contribution is 2.38. The second kappa shape index (κ2) is 8.27. The van der Waals surface area contributed by atoms with Crippen LogP contribution in [-0.4, -0.2) is 11.4 Å². The van der Waals surface area contributed by atoms with Crippen molar-refractivity contribution >= 4 is 17.3 Å². The van der Waals surface area contributed by atoms with Crippen molar-refractivity contribution < 1.29 is 0 Å². The smallest absolute Gasteiger partial charge is 0.0406 e. The van der Waals surface area contributed by atoms with Crippen molar-refractivity contribution in [2.45, 2.75) is 64.8 Å². The summed E-state index contributed by atoms with van der Waals surface area (Å²) < 4.78 is 0. The molecule has 0 aliphatic heterocycles. The van der Waals surface area contributed by atoms with Crippen molar-refractivity contribution in [2.75, 3.05) is 11.2 Å². The van der Waals surface area contributed by atoms with Gasteiger partial charge in [-0.2, -0.15) is 0 Å². The Morgan fingerprint density at radius 3 is 2.24 bits per heavy atom. The summed E-state index contributed by atoms with van der Waals surface area (Å²) in [6, 6.07) is 17.3. The van der Waals surface area contributed by atoms with Gasteiger partial charge in [-0.05, 0) is 62.1 Å². The van der Waals surface area contributed by atoms with E-state index in [1.54, 1.807) is 0 Å². The van der Waals surface area contributed by atoms with Crippen molar-refractivity contribution in [3.8, 4) is 0 Å². The summed E-state index contributed by atoms with van der Waals surface area (Å²) in [7, 11) is 0. The van der Waals surface area contributed by atoms with Crippen molar-refractivity contribution in [1.82, 2.24) is 0 Å². The van der Waals surface area contributed by atoms with Gasteiger partial charge >= 0.3 is 0 Å². The third kappa shape index (κ3) is 5.01. The number of hydrogen-bond donors (Lipinski definition) is 1. The molecule has 0 radical (unpaired) electrons. The van der Waals surface area contributed by atoms with Crippen LogP contribution in [0.5, 0.6) is 0 Å². The molecule has 2 aromatic carbocycles. The molecule has 1 nitrogen and oxygen atoms in total. The van der Waals surface area contributed by atoms with Gasteiger partial charge in [0.05, 0.1) is 0 Å². The van der Waals surface area contributed by atoms with E-state index in [1.165, 1.54) is 22.4 Å². The van der Waals surface area contributed by atoms with Gasteiger partial charge in [0, 0.05) is 17.1 Å². The Balaban J connectivity index is 2.29. The summed E-state index contributed by atoms with van der Waals surface area (Å²) in [5, 5.41) is 3.85. The molecular weight excluding hydrogens is 326 g/mol. The highest BCUT2D eigenvalue weighted by atomic mass is 35.5. The van der Waals surface area contributed by atoms with E-state index in [0.717, 1.165) is 19.3 Å². The van der Waals surface area contributed by atoms with Crippen molar-refractivity contribution in [1.29, 1.82) is 0 Å². The Bertz CT molecular complexity index is 678. The second-order valence-corrected chi connectivity index (χ2v) is 8.39. The summed E-state index contributed by atoms with van der Waals surface area (Å²) in [4.78, 5) is 0. The van der Waals surface area contributed by atoms with Crippen molar-refractivity contribution in [3.63, 3.8) is 0 Å². The highest BCUT2D eigenvalue weighted by molar-refractivity contribution is 6.17. The Hall–Kier alpha value is -1.47. The number of benzene rings is 2. The molecule has 0 amide bonds. The monoisotopic (exact) mass is 357 g/mol. The Kier molecular flexibility index (Phi) is 6.57. The maximum absolute atomic E-state index is 6.18. The Morgan fingerprint density at radius 2 is 1.64 bits per heavy atom. The zero-order valence-corrected chi connectivity index (χ0v) is 17.1. The predicted molar refractivity (Wildman–Crippen MR) is 112 cm³/mol. The van der Waals surface area contributed by atoms with Crippen LogP contribution in [0.15, 0.2) is 48.5 Å². The fourth-order valence-electron chi connectivity index (χ4n) is 3.94. The minimum atomic E-state index is -0.0350. The Labute approximate surface area is 158 Å². The molecule has 0 aliphatic rings. The molecule has 0 spiro atoms. The first kappa shape index (κ1) is 19.8. The maximum atomic E-state index is 6.18.